The highest BCUT2D eigenvalue weighted by atomic mass is 16.5. The Hall–Kier alpha value is -3.35. The molecule has 1 fully saturated rings. The molecule has 0 radical (unpaired) electrons. The van der Waals surface area contributed by atoms with E-state index in [-0.39, 0.29) is 25.5 Å². The van der Waals surface area contributed by atoms with Crippen LogP contribution in [0.4, 0.5) is 5.69 Å². The molecule has 0 saturated carbocycles. The van der Waals surface area contributed by atoms with Crippen LogP contribution in [-0.4, -0.2) is 28.5 Å². The van der Waals surface area contributed by atoms with Crippen molar-refractivity contribution in [2.45, 2.75) is 13.0 Å². The van der Waals surface area contributed by atoms with E-state index in [1.54, 1.807) is 24.3 Å². The molecule has 132 valence electrons. The number of carboxylic acid groups (broad SMARTS) is 1. The van der Waals surface area contributed by atoms with Crippen molar-refractivity contribution in [3.8, 4) is 5.75 Å². The van der Waals surface area contributed by atoms with E-state index in [1.165, 1.54) is 4.90 Å². The van der Waals surface area contributed by atoms with Crippen molar-refractivity contribution in [1.29, 1.82) is 0 Å². The summed E-state index contributed by atoms with van der Waals surface area (Å²) < 4.78 is 11.3. The smallest absolute Gasteiger partial charge is 0.308 e. The quantitative estimate of drug-likeness (QED) is 0.759. The predicted octanol–water partition coefficient (Wildman–Crippen LogP) is 2.84. The first-order chi connectivity index (χ1) is 12.6. The fourth-order valence-corrected chi connectivity index (χ4v) is 2.99. The fraction of sp³-hybridized carbons (Fsp3) is 0.211. The number of carbonyl (C=O) groups is 2. The summed E-state index contributed by atoms with van der Waals surface area (Å²) in [6.45, 7) is 0.326. The number of fused-ring (bicyclic) bond motifs is 1. The number of para-hydroxylation sites is 2. The molecular weight excluding hydrogens is 336 g/mol. The van der Waals surface area contributed by atoms with E-state index in [4.69, 9.17) is 14.3 Å². The third kappa shape index (κ3) is 3.11. The normalized spacial score (nSPS) is 17.0. The van der Waals surface area contributed by atoms with Crippen LogP contribution in [0.1, 0.15) is 12.3 Å². The Morgan fingerprint density at radius 2 is 2.12 bits per heavy atom. The first-order valence-corrected chi connectivity index (χ1v) is 8.20. The van der Waals surface area contributed by atoms with Gasteiger partial charge < -0.3 is 19.2 Å². The van der Waals surface area contributed by atoms with E-state index in [1.807, 2.05) is 24.3 Å². The van der Waals surface area contributed by atoms with Crippen LogP contribution in [0, 0.1) is 5.92 Å². The maximum atomic E-state index is 12.1. The number of nitrogens with zero attached hydrogens (tertiary/aromatic N) is 2. The molecular formula is C19H16N2O5. The van der Waals surface area contributed by atoms with Gasteiger partial charge in [-0.1, -0.05) is 18.2 Å². The van der Waals surface area contributed by atoms with Gasteiger partial charge in [0.25, 0.3) is 0 Å². The molecule has 1 unspecified atom stereocenters. The number of oxazole rings is 1. The molecule has 3 aromatic rings. The fourth-order valence-electron chi connectivity index (χ4n) is 2.99. The molecule has 1 amide bonds. The maximum Gasteiger partial charge on any atom is 0.308 e. The molecule has 1 saturated heterocycles. The van der Waals surface area contributed by atoms with Crippen molar-refractivity contribution in [3.63, 3.8) is 0 Å². The molecule has 0 aliphatic carbocycles. The average molecular weight is 352 g/mol. The highest BCUT2D eigenvalue weighted by molar-refractivity contribution is 5.99. The standard InChI is InChI=1S/C19H16N2O5/c22-18-8-12(19(23)24)10-21(18)13-4-3-5-14(9-13)25-11-17-20-15-6-1-2-7-16(15)26-17/h1-7,9,12H,8,10-11H2,(H,23,24). The number of aliphatic carboxylic acids is 1. The van der Waals surface area contributed by atoms with Crippen molar-refractivity contribution < 1.29 is 23.8 Å². The number of benzene rings is 2. The lowest BCUT2D eigenvalue weighted by atomic mass is 10.1. The Bertz CT molecular complexity index is 948. The number of hydrogen-bond donors (Lipinski definition) is 1. The minimum atomic E-state index is -0.954. The summed E-state index contributed by atoms with van der Waals surface area (Å²) in [7, 11) is 0. The molecule has 0 spiro atoms. The summed E-state index contributed by atoms with van der Waals surface area (Å²) in [5, 5.41) is 9.10. The highest BCUT2D eigenvalue weighted by Crippen LogP contribution is 2.28. The van der Waals surface area contributed by atoms with Gasteiger partial charge in [0.2, 0.25) is 11.8 Å². The molecule has 1 atom stereocenters. The van der Waals surface area contributed by atoms with Gasteiger partial charge >= 0.3 is 5.97 Å². The van der Waals surface area contributed by atoms with E-state index in [9.17, 15) is 9.59 Å². The second-order valence-electron chi connectivity index (χ2n) is 6.10. The third-order valence-electron chi connectivity index (χ3n) is 4.30. The predicted molar refractivity (Wildman–Crippen MR) is 92.9 cm³/mol. The maximum absolute atomic E-state index is 12.1. The topological polar surface area (TPSA) is 92.9 Å². The van der Waals surface area contributed by atoms with Crippen molar-refractivity contribution in [3.05, 3.63) is 54.4 Å². The SMILES string of the molecule is O=C(O)C1CC(=O)N(c2cccc(OCc3nc4ccccc4o3)c2)C1. The Labute approximate surface area is 148 Å². The Morgan fingerprint density at radius 3 is 2.88 bits per heavy atom. The lowest BCUT2D eigenvalue weighted by Crippen LogP contribution is -2.25. The summed E-state index contributed by atoms with van der Waals surface area (Å²) in [6, 6.07) is 14.5. The average Bonchev–Trinajstić information content (AvgIpc) is 3.23. The minimum absolute atomic E-state index is 0.0172. The number of carbonyl (C=O) groups excluding carboxylic acids is 1. The molecule has 26 heavy (non-hydrogen) atoms. The first kappa shape index (κ1) is 16.1. The molecule has 1 aliphatic heterocycles. The molecule has 2 heterocycles. The lowest BCUT2D eigenvalue weighted by molar-refractivity contribution is -0.141. The van der Waals surface area contributed by atoms with Crippen LogP contribution in [0.15, 0.2) is 52.9 Å². The summed E-state index contributed by atoms with van der Waals surface area (Å²) in [6.07, 6.45) is 0.0172. The second kappa shape index (κ2) is 6.51. The first-order valence-electron chi connectivity index (χ1n) is 8.20. The number of aromatic nitrogens is 1. The zero-order valence-electron chi connectivity index (χ0n) is 13.8. The van der Waals surface area contributed by atoms with Gasteiger partial charge in [0.15, 0.2) is 12.2 Å². The second-order valence-corrected chi connectivity index (χ2v) is 6.10. The van der Waals surface area contributed by atoms with Gasteiger partial charge in [-0.05, 0) is 24.3 Å². The summed E-state index contributed by atoms with van der Waals surface area (Å²) in [4.78, 5) is 29.0. The summed E-state index contributed by atoms with van der Waals surface area (Å²) in [5.41, 5.74) is 2.08. The number of rotatable bonds is 5. The number of anilines is 1. The monoisotopic (exact) mass is 352 g/mol. The molecule has 1 aliphatic rings. The summed E-state index contributed by atoms with van der Waals surface area (Å²) in [5.74, 6) is -0.819. The van der Waals surface area contributed by atoms with Crippen molar-refractivity contribution >= 4 is 28.7 Å². The highest BCUT2D eigenvalue weighted by Gasteiger charge is 2.35. The van der Waals surface area contributed by atoms with Crippen LogP contribution in [-0.2, 0) is 16.2 Å². The Kier molecular flexibility index (Phi) is 4.04. The number of carboxylic acids is 1. The van der Waals surface area contributed by atoms with Crippen LogP contribution in [0.3, 0.4) is 0 Å². The van der Waals surface area contributed by atoms with Gasteiger partial charge in [-0.25, -0.2) is 4.98 Å². The number of hydrogen-bond acceptors (Lipinski definition) is 5. The van der Waals surface area contributed by atoms with Crippen LogP contribution in [0.25, 0.3) is 11.1 Å². The van der Waals surface area contributed by atoms with E-state index < -0.39 is 11.9 Å². The third-order valence-corrected chi connectivity index (χ3v) is 4.30. The summed E-state index contributed by atoms with van der Waals surface area (Å²) >= 11 is 0. The van der Waals surface area contributed by atoms with E-state index in [0.717, 1.165) is 5.52 Å². The minimum Gasteiger partial charge on any atom is -0.484 e. The zero-order chi connectivity index (χ0) is 18.1. The van der Waals surface area contributed by atoms with Gasteiger partial charge in [-0.2, -0.15) is 0 Å². The van der Waals surface area contributed by atoms with Gasteiger partial charge in [0.1, 0.15) is 11.3 Å². The van der Waals surface area contributed by atoms with Crippen molar-refractivity contribution in [1.82, 2.24) is 4.98 Å². The van der Waals surface area contributed by atoms with E-state index in [2.05, 4.69) is 4.98 Å². The van der Waals surface area contributed by atoms with Crippen molar-refractivity contribution in [2.24, 2.45) is 5.92 Å². The zero-order valence-corrected chi connectivity index (χ0v) is 13.8. The van der Waals surface area contributed by atoms with Gasteiger partial charge in [-0.15, -0.1) is 0 Å². The molecule has 4 rings (SSSR count). The van der Waals surface area contributed by atoms with E-state index >= 15 is 0 Å². The Morgan fingerprint density at radius 1 is 1.27 bits per heavy atom. The van der Waals surface area contributed by atoms with Gasteiger partial charge in [-0.3, -0.25) is 9.59 Å². The molecule has 7 nitrogen and oxygen atoms in total. The van der Waals surface area contributed by atoms with Crippen LogP contribution in [0.2, 0.25) is 0 Å². The van der Waals surface area contributed by atoms with Gasteiger partial charge in [0, 0.05) is 24.7 Å². The van der Waals surface area contributed by atoms with Crippen molar-refractivity contribution in [2.75, 3.05) is 11.4 Å². The molecule has 1 aromatic heterocycles. The Balaban J connectivity index is 1.47. The number of ether oxygens (including phenoxy) is 1. The van der Waals surface area contributed by atoms with E-state index in [0.29, 0.717) is 22.9 Å². The molecule has 2 aromatic carbocycles. The van der Waals surface area contributed by atoms with Gasteiger partial charge in [0.05, 0.1) is 5.92 Å². The number of amides is 1. The van der Waals surface area contributed by atoms with Crippen LogP contribution in [0.5, 0.6) is 5.75 Å². The largest absolute Gasteiger partial charge is 0.484 e. The molecule has 1 N–H and O–H groups in total. The molecule has 0 bridgehead atoms. The van der Waals surface area contributed by atoms with Crippen LogP contribution >= 0.6 is 0 Å². The van der Waals surface area contributed by atoms with Crippen LogP contribution < -0.4 is 9.64 Å². The lowest BCUT2D eigenvalue weighted by Gasteiger charge is -2.17. The molecule has 7 heteroatoms.